The number of halogens is 1. The molecule has 2 aliphatic heterocycles. The van der Waals surface area contributed by atoms with Gasteiger partial charge in [0.15, 0.2) is 0 Å². The van der Waals surface area contributed by atoms with Gasteiger partial charge < -0.3 is 10.6 Å². The lowest BCUT2D eigenvalue weighted by Crippen LogP contribution is -2.41. The van der Waals surface area contributed by atoms with Crippen LogP contribution >= 0.6 is 15.9 Å². The standard InChI is InChI=1S/C16H22BrN3O/c17-12-4-5-15(18)14(10-12)16(21)20-9-6-13(11-20)19-7-2-1-3-8-19/h4-5,10,13H,1-3,6-9,11,18H2. The quantitative estimate of drug-likeness (QED) is 0.833. The number of rotatable bonds is 2. The summed E-state index contributed by atoms with van der Waals surface area (Å²) in [7, 11) is 0. The summed E-state index contributed by atoms with van der Waals surface area (Å²) in [6.07, 6.45) is 5.02. The highest BCUT2D eigenvalue weighted by Crippen LogP contribution is 2.24. The SMILES string of the molecule is Nc1ccc(Br)cc1C(=O)N1CCC(N2CCCCC2)C1. The summed E-state index contributed by atoms with van der Waals surface area (Å²) in [5.74, 6) is 0.0632. The van der Waals surface area contributed by atoms with Crippen molar-refractivity contribution in [1.29, 1.82) is 0 Å². The fraction of sp³-hybridized carbons (Fsp3) is 0.562. The van der Waals surface area contributed by atoms with Crippen LogP contribution in [-0.4, -0.2) is 47.9 Å². The maximum absolute atomic E-state index is 12.7. The number of carbonyl (C=O) groups is 1. The monoisotopic (exact) mass is 351 g/mol. The number of amides is 1. The zero-order valence-corrected chi connectivity index (χ0v) is 13.8. The van der Waals surface area contributed by atoms with E-state index in [1.165, 1.54) is 32.4 Å². The van der Waals surface area contributed by atoms with Crippen molar-refractivity contribution in [3.05, 3.63) is 28.2 Å². The van der Waals surface area contributed by atoms with Gasteiger partial charge in [-0.05, 0) is 50.6 Å². The minimum atomic E-state index is 0.0632. The largest absolute Gasteiger partial charge is 0.398 e. The molecule has 1 atom stereocenters. The Hall–Kier alpha value is -1.07. The molecule has 0 aliphatic carbocycles. The van der Waals surface area contributed by atoms with E-state index < -0.39 is 0 Å². The molecule has 2 N–H and O–H groups in total. The van der Waals surface area contributed by atoms with Crippen molar-refractivity contribution in [2.75, 3.05) is 31.9 Å². The van der Waals surface area contributed by atoms with Crippen LogP contribution in [0.3, 0.4) is 0 Å². The summed E-state index contributed by atoms with van der Waals surface area (Å²) in [5.41, 5.74) is 7.13. The number of likely N-dealkylation sites (tertiary alicyclic amines) is 2. The minimum absolute atomic E-state index is 0.0632. The molecule has 0 radical (unpaired) electrons. The molecule has 1 amide bonds. The maximum Gasteiger partial charge on any atom is 0.256 e. The van der Waals surface area contributed by atoms with Crippen LogP contribution in [0.15, 0.2) is 22.7 Å². The van der Waals surface area contributed by atoms with Crippen LogP contribution in [0.2, 0.25) is 0 Å². The Labute approximate surface area is 134 Å². The Kier molecular flexibility index (Phi) is 4.50. The number of hydrogen-bond acceptors (Lipinski definition) is 3. The van der Waals surface area contributed by atoms with Gasteiger partial charge in [0.2, 0.25) is 0 Å². The van der Waals surface area contributed by atoms with Crippen molar-refractivity contribution in [1.82, 2.24) is 9.80 Å². The predicted octanol–water partition coefficient (Wildman–Crippen LogP) is 2.73. The van der Waals surface area contributed by atoms with E-state index in [0.717, 1.165) is 24.0 Å². The molecule has 1 unspecified atom stereocenters. The lowest BCUT2D eigenvalue weighted by molar-refractivity contribution is 0.0772. The molecule has 1 aromatic carbocycles. The average Bonchev–Trinajstić information content (AvgIpc) is 3.00. The van der Waals surface area contributed by atoms with Crippen molar-refractivity contribution in [2.45, 2.75) is 31.7 Å². The smallest absolute Gasteiger partial charge is 0.256 e. The first-order chi connectivity index (χ1) is 10.1. The molecular weight excluding hydrogens is 330 g/mol. The van der Waals surface area contributed by atoms with E-state index in [4.69, 9.17) is 5.73 Å². The zero-order chi connectivity index (χ0) is 14.8. The van der Waals surface area contributed by atoms with Crippen LogP contribution in [0.1, 0.15) is 36.0 Å². The second-order valence-corrected chi connectivity index (χ2v) is 6.94. The van der Waals surface area contributed by atoms with Crippen molar-refractivity contribution >= 4 is 27.5 Å². The Bertz CT molecular complexity index is 528. The Morgan fingerprint density at radius 3 is 2.71 bits per heavy atom. The number of benzene rings is 1. The first kappa shape index (κ1) is 14.9. The third kappa shape index (κ3) is 3.24. The van der Waals surface area contributed by atoms with Gasteiger partial charge in [0.25, 0.3) is 5.91 Å². The number of nitrogens with two attached hydrogens (primary N) is 1. The fourth-order valence-electron chi connectivity index (χ4n) is 3.39. The third-order valence-corrected chi connectivity index (χ3v) is 5.10. The Balaban J connectivity index is 1.67. The molecule has 0 saturated carbocycles. The Morgan fingerprint density at radius 1 is 1.19 bits per heavy atom. The number of anilines is 1. The van der Waals surface area contributed by atoms with Gasteiger partial charge in [0, 0.05) is 29.3 Å². The molecule has 2 saturated heterocycles. The topological polar surface area (TPSA) is 49.6 Å². The van der Waals surface area contributed by atoms with Crippen molar-refractivity contribution in [3.63, 3.8) is 0 Å². The lowest BCUT2D eigenvalue weighted by Gasteiger charge is -2.32. The molecule has 3 rings (SSSR count). The molecule has 0 aromatic heterocycles. The van der Waals surface area contributed by atoms with E-state index >= 15 is 0 Å². The summed E-state index contributed by atoms with van der Waals surface area (Å²) in [4.78, 5) is 17.2. The molecule has 1 aromatic rings. The summed E-state index contributed by atoms with van der Waals surface area (Å²) < 4.78 is 0.895. The van der Waals surface area contributed by atoms with E-state index in [0.29, 0.717) is 17.3 Å². The third-order valence-electron chi connectivity index (χ3n) is 4.60. The molecule has 2 heterocycles. The van der Waals surface area contributed by atoms with E-state index in [1.54, 1.807) is 6.07 Å². The van der Waals surface area contributed by atoms with E-state index in [9.17, 15) is 4.79 Å². The number of hydrogen-bond donors (Lipinski definition) is 1. The van der Waals surface area contributed by atoms with Gasteiger partial charge in [-0.3, -0.25) is 9.69 Å². The Morgan fingerprint density at radius 2 is 1.95 bits per heavy atom. The number of nitrogen functional groups attached to an aromatic ring is 1. The summed E-state index contributed by atoms with van der Waals surface area (Å²) in [5, 5.41) is 0. The van der Waals surface area contributed by atoms with E-state index in [2.05, 4.69) is 20.8 Å². The van der Waals surface area contributed by atoms with Crippen LogP contribution in [0, 0.1) is 0 Å². The van der Waals surface area contributed by atoms with Crippen LogP contribution in [0.25, 0.3) is 0 Å². The van der Waals surface area contributed by atoms with Gasteiger partial charge in [0.05, 0.1) is 5.56 Å². The molecule has 4 nitrogen and oxygen atoms in total. The van der Waals surface area contributed by atoms with Crippen LogP contribution < -0.4 is 5.73 Å². The maximum atomic E-state index is 12.7. The second-order valence-electron chi connectivity index (χ2n) is 6.02. The van der Waals surface area contributed by atoms with Crippen molar-refractivity contribution in [2.24, 2.45) is 0 Å². The highest BCUT2D eigenvalue weighted by molar-refractivity contribution is 9.10. The molecule has 5 heteroatoms. The normalized spacial score (nSPS) is 23.5. The fourth-order valence-corrected chi connectivity index (χ4v) is 3.75. The van der Waals surface area contributed by atoms with Gasteiger partial charge >= 0.3 is 0 Å². The predicted molar refractivity (Wildman–Crippen MR) is 88.3 cm³/mol. The average molecular weight is 352 g/mol. The highest BCUT2D eigenvalue weighted by Gasteiger charge is 2.31. The summed E-state index contributed by atoms with van der Waals surface area (Å²) in [6, 6.07) is 6.01. The van der Waals surface area contributed by atoms with Gasteiger partial charge in [-0.2, -0.15) is 0 Å². The first-order valence-corrected chi connectivity index (χ1v) is 8.53. The van der Waals surface area contributed by atoms with Gasteiger partial charge in [0.1, 0.15) is 0 Å². The second kappa shape index (κ2) is 6.36. The number of nitrogens with zero attached hydrogens (tertiary/aromatic N) is 2. The molecule has 114 valence electrons. The molecule has 21 heavy (non-hydrogen) atoms. The van der Waals surface area contributed by atoms with E-state index in [1.807, 2.05) is 17.0 Å². The molecule has 0 bridgehead atoms. The van der Waals surface area contributed by atoms with Gasteiger partial charge in [-0.15, -0.1) is 0 Å². The zero-order valence-electron chi connectivity index (χ0n) is 12.2. The summed E-state index contributed by atoms with van der Waals surface area (Å²) >= 11 is 3.41. The van der Waals surface area contributed by atoms with Gasteiger partial charge in [-0.25, -0.2) is 0 Å². The number of piperidine rings is 1. The molecule has 2 aliphatic rings. The lowest BCUT2D eigenvalue weighted by atomic mass is 10.1. The van der Waals surface area contributed by atoms with E-state index in [-0.39, 0.29) is 5.91 Å². The van der Waals surface area contributed by atoms with Crippen molar-refractivity contribution in [3.8, 4) is 0 Å². The van der Waals surface area contributed by atoms with Crippen LogP contribution in [-0.2, 0) is 0 Å². The minimum Gasteiger partial charge on any atom is -0.398 e. The van der Waals surface area contributed by atoms with Gasteiger partial charge in [-0.1, -0.05) is 22.4 Å². The molecule has 0 spiro atoms. The van der Waals surface area contributed by atoms with Crippen LogP contribution in [0.4, 0.5) is 5.69 Å². The molecule has 2 fully saturated rings. The van der Waals surface area contributed by atoms with Crippen molar-refractivity contribution < 1.29 is 4.79 Å². The highest BCUT2D eigenvalue weighted by atomic mass is 79.9. The number of carbonyl (C=O) groups excluding carboxylic acids is 1. The molecular formula is C16H22BrN3O. The first-order valence-electron chi connectivity index (χ1n) is 7.73. The summed E-state index contributed by atoms with van der Waals surface area (Å²) in [6.45, 7) is 4.05. The van der Waals surface area contributed by atoms with Crippen LogP contribution in [0.5, 0.6) is 0 Å².